The summed E-state index contributed by atoms with van der Waals surface area (Å²) in [5.74, 6) is 0.645. The average Bonchev–Trinajstić information content (AvgIpc) is 3.04. The predicted octanol–water partition coefficient (Wildman–Crippen LogP) is 5.33. The quantitative estimate of drug-likeness (QED) is 0.622. The minimum absolute atomic E-state index is 0.0304. The summed E-state index contributed by atoms with van der Waals surface area (Å²) in [6, 6.07) is 16.0. The average molecular weight is 353 g/mol. The van der Waals surface area contributed by atoms with Crippen molar-refractivity contribution in [1.29, 1.82) is 0 Å². The minimum atomic E-state index is -0.0553. The number of amides is 1. The molecule has 130 valence electrons. The third kappa shape index (κ3) is 3.90. The van der Waals surface area contributed by atoms with Crippen LogP contribution in [-0.2, 0) is 6.42 Å². The van der Waals surface area contributed by atoms with Gasteiger partial charge in [-0.05, 0) is 49.1 Å². The van der Waals surface area contributed by atoms with E-state index in [0.717, 1.165) is 27.2 Å². The van der Waals surface area contributed by atoms with Crippen molar-refractivity contribution in [2.45, 2.75) is 33.2 Å². The lowest BCUT2D eigenvalue weighted by Gasteiger charge is -2.23. The Balaban J connectivity index is 1.76. The van der Waals surface area contributed by atoms with E-state index in [2.05, 4.69) is 37.0 Å². The normalized spacial score (nSPS) is 12.5. The molecule has 0 bridgehead atoms. The summed E-state index contributed by atoms with van der Waals surface area (Å²) in [5, 5.41) is 0.966. The lowest BCUT2D eigenvalue weighted by molar-refractivity contribution is 0.0742. The summed E-state index contributed by atoms with van der Waals surface area (Å²) in [4.78, 5) is 19.3. The number of carbonyl (C=O) groups excluding carboxylic acids is 1. The number of carbonyl (C=O) groups is 1. The molecule has 0 saturated carbocycles. The van der Waals surface area contributed by atoms with Crippen LogP contribution in [0.2, 0.25) is 0 Å². The molecule has 1 amide bonds. The number of hydrogen-bond donors (Lipinski definition) is 0. The molecule has 3 nitrogen and oxygen atoms in total. The standard InChI is InChI=1S/C21H24N2OS/c1-14(2)13-16-9-11-17(12-10-16)21(24)23(4)15(3)20-22-18-7-5-6-8-19(18)25-20/h5-12,14-15H,13H2,1-4H3/t15-/m0/s1. The first-order chi connectivity index (χ1) is 12.0. The molecule has 25 heavy (non-hydrogen) atoms. The van der Waals surface area contributed by atoms with E-state index in [-0.39, 0.29) is 11.9 Å². The fraction of sp³-hybridized carbons (Fsp3) is 0.333. The van der Waals surface area contributed by atoms with Crippen molar-refractivity contribution in [3.8, 4) is 0 Å². The zero-order valence-corrected chi connectivity index (χ0v) is 16.0. The van der Waals surface area contributed by atoms with Crippen molar-refractivity contribution < 1.29 is 4.79 Å². The summed E-state index contributed by atoms with van der Waals surface area (Å²) in [5.41, 5.74) is 2.99. The minimum Gasteiger partial charge on any atom is -0.333 e. The first-order valence-electron chi connectivity index (χ1n) is 8.67. The molecule has 0 radical (unpaired) electrons. The van der Waals surface area contributed by atoms with Crippen molar-refractivity contribution in [1.82, 2.24) is 9.88 Å². The van der Waals surface area contributed by atoms with Crippen molar-refractivity contribution in [3.05, 3.63) is 64.7 Å². The van der Waals surface area contributed by atoms with E-state index in [1.807, 2.05) is 44.3 Å². The van der Waals surface area contributed by atoms with Crippen LogP contribution in [0.4, 0.5) is 0 Å². The van der Waals surface area contributed by atoms with E-state index in [1.54, 1.807) is 16.2 Å². The van der Waals surface area contributed by atoms with E-state index in [4.69, 9.17) is 0 Å². The topological polar surface area (TPSA) is 33.2 Å². The number of para-hydroxylation sites is 1. The van der Waals surface area contributed by atoms with Gasteiger partial charge in [-0.25, -0.2) is 4.98 Å². The molecule has 0 saturated heterocycles. The number of rotatable bonds is 5. The van der Waals surface area contributed by atoms with Gasteiger partial charge in [-0.1, -0.05) is 38.1 Å². The van der Waals surface area contributed by atoms with E-state index in [1.165, 1.54) is 5.56 Å². The van der Waals surface area contributed by atoms with Gasteiger partial charge in [0, 0.05) is 12.6 Å². The summed E-state index contributed by atoms with van der Waals surface area (Å²) >= 11 is 1.65. The van der Waals surface area contributed by atoms with Crippen molar-refractivity contribution in [2.24, 2.45) is 5.92 Å². The van der Waals surface area contributed by atoms with Gasteiger partial charge in [-0.3, -0.25) is 4.79 Å². The molecule has 4 heteroatoms. The second-order valence-corrected chi connectivity index (χ2v) is 7.97. The largest absolute Gasteiger partial charge is 0.333 e. The number of thiazole rings is 1. The maximum Gasteiger partial charge on any atom is 0.254 e. The van der Waals surface area contributed by atoms with Crippen LogP contribution in [0.5, 0.6) is 0 Å². The van der Waals surface area contributed by atoms with Gasteiger partial charge in [0.1, 0.15) is 5.01 Å². The molecule has 0 aliphatic rings. The summed E-state index contributed by atoms with van der Waals surface area (Å²) in [6.07, 6.45) is 1.03. The fourth-order valence-electron chi connectivity index (χ4n) is 2.87. The Kier molecular flexibility index (Phi) is 5.19. The van der Waals surface area contributed by atoms with Crippen LogP contribution in [0, 0.1) is 5.92 Å². The molecule has 0 unspecified atom stereocenters. The maximum absolute atomic E-state index is 12.8. The van der Waals surface area contributed by atoms with E-state index in [0.29, 0.717) is 5.92 Å². The molecule has 3 aromatic rings. The van der Waals surface area contributed by atoms with Crippen molar-refractivity contribution >= 4 is 27.5 Å². The van der Waals surface area contributed by atoms with Crippen LogP contribution >= 0.6 is 11.3 Å². The Morgan fingerprint density at radius 2 is 1.76 bits per heavy atom. The van der Waals surface area contributed by atoms with Crippen molar-refractivity contribution in [3.63, 3.8) is 0 Å². The van der Waals surface area contributed by atoms with Gasteiger partial charge in [-0.15, -0.1) is 11.3 Å². The highest BCUT2D eigenvalue weighted by molar-refractivity contribution is 7.18. The summed E-state index contributed by atoms with van der Waals surface area (Å²) in [6.45, 7) is 6.43. The van der Waals surface area contributed by atoms with Gasteiger partial charge in [0.25, 0.3) is 5.91 Å². The first-order valence-corrected chi connectivity index (χ1v) is 9.49. The van der Waals surface area contributed by atoms with Crippen molar-refractivity contribution in [2.75, 3.05) is 7.05 Å². The molecule has 1 aromatic heterocycles. The van der Waals surface area contributed by atoms with Gasteiger partial charge < -0.3 is 4.90 Å². The Morgan fingerprint density at radius 3 is 2.40 bits per heavy atom. The fourth-order valence-corrected chi connectivity index (χ4v) is 3.93. The molecule has 2 aromatic carbocycles. The molecule has 0 aliphatic carbocycles. The third-order valence-corrected chi connectivity index (χ3v) is 5.62. The van der Waals surface area contributed by atoms with Crippen LogP contribution < -0.4 is 0 Å². The van der Waals surface area contributed by atoms with Gasteiger partial charge in [-0.2, -0.15) is 0 Å². The highest BCUT2D eigenvalue weighted by Gasteiger charge is 2.21. The zero-order chi connectivity index (χ0) is 18.0. The Hall–Kier alpha value is -2.20. The van der Waals surface area contributed by atoms with E-state index < -0.39 is 0 Å². The molecule has 0 fully saturated rings. The summed E-state index contributed by atoms with van der Waals surface area (Å²) in [7, 11) is 1.85. The highest BCUT2D eigenvalue weighted by Crippen LogP contribution is 2.29. The van der Waals surface area contributed by atoms with Crippen LogP contribution in [0.25, 0.3) is 10.2 Å². The molecule has 0 N–H and O–H groups in total. The molecule has 1 heterocycles. The number of fused-ring (bicyclic) bond motifs is 1. The Labute approximate surface area is 153 Å². The Morgan fingerprint density at radius 1 is 1.08 bits per heavy atom. The molecular formula is C21H24N2OS. The van der Waals surface area contributed by atoms with E-state index in [9.17, 15) is 4.79 Å². The first kappa shape index (κ1) is 17.6. The maximum atomic E-state index is 12.8. The van der Waals surface area contributed by atoms with E-state index >= 15 is 0 Å². The van der Waals surface area contributed by atoms with Crippen LogP contribution in [0.1, 0.15) is 47.7 Å². The highest BCUT2D eigenvalue weighted by atomic mass is 32.1. The molecule has 0 aliphatic heterocycles. The Bertz CT molecular complexity index is 834. The molecule has 1 atom stereocenters. The monoisotopic (exact) mass is 352 g/mol. The lowest BCUT2D eigenvalue weighted by atomic mass is 10.0. The third-order valence-electron chi connectivity index (χ3n) is 4.41. The number of hydrogen-bond acceptors (Lipinski definition) is 3. The van der Waals surface area contributed by atoms with Crippen LogP contribution in [0.3, 0.4) is 0 Å². The number of benzene rings is 2. The smallest absolute Gasteiger partial charge is 0.254 e. The number of nitrogens with zero attached hydrogens (tertiary/aromatic N) is 2. The lowest BCUT2D eigenvalue weighted by Crippen LogP contribution is -2.29. The van der Waals surface area contributed by atoms with Gasteiger partial charge in [0.05, 0.1) is 16.3 Å². The SMILES string of the molecule is CC(C)Cc1ccc(C(=O)N(C)[C@@H](C)c2nc3ccccc3s2)cc1. The zero-order valence-electron chi connectivity index (χ0n) is 15.2. The van der Waals surface area contributed by atoms with Gasteiger partial charge in [0.15, 0.2) is 0 Å². The molecular weight excluding hydrogens is 328 g/mol. The number of aromatic nitrogens is 1. The second kappa shape index (κ2) is 7.36. The van der Waals surface area contributed by atoms with Crippen LogP contribution in [0.15, 0.2) is 48.5 Å². The summed E-state index contributed by atoms with van der Waals surface area (Å²) < 4.78 is 1.16. The molecule has 3 rings (SSSR count). The molecule has 0 spiro atoms. The van der Waals surface area contributed by atoms with Gasteiger partial charge in [0.2, 0.25) is 0 Å². The van der Waals surface area contributed by atoms with Gasteiger partial charge >= 0.3 is 0 Å². The predicted molar refractivity (Wildman–Crippen MR) is 105 cm³/mol. The second-order valence-electron chi connectivity index (χ2n) is 6.91. The van der Waals surface area contributed by atoms with Crippen LogP contribution in [-0.4, -0.2) is 22.8 Å².